The first-order chi connectivity index (χ1) is 13.1. The first-order valence-electron chi connectivity index (χ1n) is 9.76. The number of ether oxygens (including phenoxy) is 1. The number of nitrogens with zero attached hydrogens (tertiary/aromatic N) is 2. The lowest BCUT2D eigenvalue weighted by molar-refractivity contribution is -0.141. The molecule has 6 nitrogen and oxygen atoms in total. The van der Waals surface area contributed by atoms with Crippen molar-refractivity contribution >= 4 is 23.5 Å². The maximum atomic E-state index is 12.7. The van der Waals surface area contributed by atoms with Crippen molar-refractivity contribution in [1.82, 2.24) is 15.1 Å². The highest BCUT2D eigenvalue weighted by atomic mass is 35.5. The molecule has 3 rings (SSSR count). The summed E-state index contributed by atoms with van der Waals surface area (Å²) in [6.07, 6.45) is 2.23. The molecule has 2 saturated heterocycles. The van der Waals surface area contributed by atoms with Gasteiger partial charge in [0.05, 0.1) is 19.3 Å². The third-order valence-corrected chi connectivity index (χ3v) is 5.65. The van der Waals surface area contributed by atoms with Gasteiger partial charge < -0.3 is 19.9 Å². The molecule has 3 amide bonds. The van der Waals surface area contributed by atoms with Gasteiger partial charge in [-0.05, 0) is 37.0 Å². The van der Waals surface area contributed by atoms with Gasteiger partial charge in [-0.15, -0.1) is 0 Å². The van der Waals surface area contributed by atoms with E-state index in [1.165, 1.54) is 0 Å². The minimum absolute atomic E-state index is 0.0158. The minimum Gasteiger partial charge on any atom is -0.378 e. The Bertz CT molecular complexity index is 656. The van der Waals surface area contributed by atoms with Crippen molar-refractivity contribution in [2.24, 2.45) is 5.92 Å². The first-order valence-corrected chi connectivity index (χ1v) is 10.1. The summed E-state index contributed by atoms with van der Waals surface area (Å²) < 4.78 is 5.31. The highest BCUT2D eigenvalue weighted by molar-refractivity contribution is 6.30. The number of rotatable bonds is 4. The first kappa shape index (κ1) is 20.0. The lowest BCUT2D eigenvalue weighted by Crippen LogP contribution is -2.49. The molecular weight excluding hydrogens is 366 g/mol. The number of carbonyl (C=O) groups is 2. The molecule has 1 atom stereocenters. The summed E-state index contributed by atoms with van der Waals surface area (Å²) in [4.78, 5) is 29.0. The van der Waals surface area contributed by atoms with Crippen molar-refractivity contribution in [2.45, 2.75) is 32.2 Å². The average Bonchev–Trinajstić information content (AvgIpc) is 2.72. The predicted octanol–water partition coefficient (Wildman–Crippen LogP) is 3.07. The van der Waals surface area contributed by atoms with E-state index in [2.05, 4.69) is 5.32 Å². The highest BCUT2D eigenvalue weighted by Gasteiger charge is 2.31. The van der Waals surface area contributed by atoms with Crippen LogP contribution < -0.4 is 5.32 Å². The summed E-state index contributed by atoms with van der Waals surface area (Å²) in [7, 11) is 0. The van der Waals surface area contributed by atoms with Gasteiger partial charge in [0.1, 0.15) is 0 Å². The molecule has 1 unspecified atom stereocenters. The van der Waals surface area contributed by atoms with E-state index >= 15 is 0 Å². The number of piperidine rings is 1. The zero-order chi connectivity index (χ0) is 19.2. The van der Waals surface area contributed by atoms with E-state index in [4.69, 9.17) is 16.3 Å². The SMILES string of the molecule is CCC(NC(=O)N1CCC(C(=O)N2CCOCC2)CC1)c1cccc(Cl)c1. The summed E-state index contributed by atoms with van der Waals surface area (Å²) in [6.45, 7) is 5.86. The van der Waals surface area contributed by atoms with E-state index in [0.29, 0.717) is 44.4 Å². The average molecular weight is 394 g/mol. The fraction of sp³-hybridized carbons (Fsp3) is 0.600. The van der Waals surface area contributed by atoms with Crippen molar-refractivity contribution in [2.75, 3.05) is 39.4 Å². The molecule has 2 heterocycles. The molecule has 0 saturated carbocycles. The van der Waals surface area contributed by atoms with Crippen molar-refractivity contribution in [1.29, 1.82) is 0 Å². The van der Waals surface area contributed by atoms with Crippen molar-refractivity contribution in [3.05, 3.63) is 34.9 Å². The number of halogens is 1. The molecule has 2 fully saturated rings. The van der Waals surface area contributed by atoms with Gasteiger partial charge in [-0.25, -0.2) is 4.79 Å². The Morgan fingerprint density at radius 3 is 2.52 bits per heavy atom. The summed E-state index contributed by atoms with van der Waals surface area (Å²) in [6, 6.07) is 7.46. The standard InChI is InChI=1S/C20H28ClN3O3/c1-2-18(16-4-3-5-17(21)14-16)22-20(26)24-8-6-15(7-9-24)19(25)23-10-12-27-13-11-23/h3-5,14-15,18H,2,6-13H2,1H3,(H,22,26). The molecule has 0 bridgehead atoms. The van der Waals surface area contributed by atoms with Gasteiger partial charge in [-0.3, -0.25) is 4.79 Å². The third-order valence-electron chi connectivity index (χ3n) is 5.41. The Balaban J connectivity index is 1.51. The van der Waals surface area contributed by atoms with Crippen LogP contribution in [0.5, 0.6) is 0 Å². The molecule has 0 aromatic heterocycles. The molecule has 27 heavy (non-hydrogen) atoms. The fourth-order valence-electron chi connectivity index (χ4n) is 3.76. The molecule has 2 aliphatic heterocycles. The molecule has 1 aromatic carbocycles. The quantitative estimate of drug-likeness (QED) is 0.855. The van der Waals surface area contributed by atoms with Crippen LogP contribution in [0.1, 0.15) is 37.8 Å². The van der Waals surface area contributed by atoms with Gasteiger partial charge in [-0.2, -0.15) is 0 Å². The van der Waals surface area contributed by atoms with Crippen molar-refractivity contribution < 1.29 is 14.3 Å². The number of urea groups is 1. The molecule has 1 N–H and O–H groups in total. The van der Waals surface area contributed by atoms with E-state index < -0.39 is 0 Å². The maximum Gasteiger partial charge on any atom is 0.317 e. The van der Waals surface area contributed by atoms with Gasteiger partial charge in [0.2, 0.25) is 5.91 Å². The molecule has 7 heteroatoms. The Labute approximate surface area is 165 Å². The maximum absolute atomic E-state index is 12.7. The second-order valence-electron chi connectivity index (χ2n) is 7.16. The van der Waals surface area contributed by atoms with E-state index in [9.17, 15) is 9.59 Å². The van der Waals surface area contributed by atoms with Gasteiger partial charge in [0, 0.05) is 37.1 Å². The van der Waals surface area contributed by atoms with Gasteiger partial charge in [0.15, 0.2) is 0 Å². The zero-order valence-electron chi connectivity index (χ0n) is 15.8. The molecule has 148 valence electrons. The van der Waals surface area contributed by atoms with E-state index in [0.717, 1.165) is 24.8 Å². The predicted molar refractivity (Wildman–Crippen MR) is 105 cm³/mol. The van der Waals surface area contributed by atoms with Gasteiger partial charge in [-0.1, -0.05) is 30.7 Å². The van der Waals surface area contributed by atoms with Crippen LogP contribution in [0.2, 0.25) is 5.02 Å². The molecular formula is C20H28ClN3O3. The Hall–Kier alpha value is -1.79. The minimum atomic E-state index is -0.0703. The molecule has 0 aliphatic carbocycles. The number of benzene rings is 1. The second kappa shape index (κ2) is 9.42. The van der Waals surface area contributed by atoms with Gasteiger partial charge >= 0.3 is 6.03 Å². The van der Waals surface area contributed by atoms with E-state index in [1.807, 2.05) is 41.0 Å². The molecule has 0 spiro atoms. The monoisotopic (exact) mass is 393 g/mol. The van der Waals surface area contributed by atoms with E-state index in [1.54, 1.807) is 0 Å². The number of amides is 3. The topological polar surface area (TPSA) is 61.9 Å². The third kappa shape index (κ3) is 5.14. The summed E-state index contributed by atoms with van der Waals surface area (Å²) in [5.41, 5.74) is 1.01. The summed E-state index contributed by atoms with van der Waals surface area (Å²) in [5.74, 6) is 0.228. The lowest BCUT2D eigenvalue weighted by atomic mass is 9.95. The largest absolute Gasteiger partial charge is 0.378 e. The van der Waals surface area contributed by atoms with Gasteiger partial charge in [0.25, 0.3) is 0 Å². The second-order valence-corrected chi connectivity index (χ2v) is 7.60. The van der Waals surface area contributed by atoms with Crippen LogP contribution in [0.25, 0.3) is 0 Å². The molecule has 2 aliphatic rings. The van der Waals surface area contributed by atoms with Crippen LogP contribution in [-0.2, 0) is 9.53 Å². The normalized spacial score (nSPS) is 19.6. The lowest BCUT2D eigenvalue weighted by Gasteiger charge is -2.36. The number of nitrogens with one attached hydrogen (secondary N) is 1. The Morgan fingerprint density at radius 1 is 1.19 bits per heavy atom. The zero-order valence-corrected chi connectivity index (χ0v) is 16.6. The number of hydrogen-bond donors (Lipinski definition) is 1. The highest BCUT2D eigenvalue weighted by Crippen LogP contribution is 2.23. The smallest absolute Gasteiger partial charge is 0.317 e. The number of likely N-dealkylation sites (tertiary alicyclic amines) is 1. The molecule has 1 aromatic rings. The van der Waals surface area contributed by atoms with Crippen molar-refractivity contribution in [3.63, 3.8) is 0 Å². The fourth-order valence-corrected chi connectivity index (χ4v) is 3.95. The van der Waals surface area contributed by atoms with Crippen LogP contribution in [0, 0.1) is 5.92 Å². The number of hydrogen-bond acceptors (Lipinski definition) is 3. The van der Waals surface area contributed by atoms with Crippen LogP contribution in [0.3, 0.4) is 0 Å². The van der Waals surface area contributed by atoms with Crippen LogP contribution in [0.4, 0.5) is 4.79 Å². The molecule has 0 radical (unpaired) electrons. The Kier molecular flexibility index (Phi) is 6.96. The summed E-state index contributed by atoms with van der Waals surface area (Å²) >= 11 is 6.07. The number of carbonyl (C=O) groups excluding carboxylic acids is 2. The van der Waals surface area contributed by atoms with Crippen molar-refractivity contribution in [3.8, 4) is 0 Å². The van der Waals surface area contributed by atoms with E-state index in [-0.39, 0.29) is 23.9 Å². The van der Waals surface area contributed by atoms with Crippen LogP contribution in [-0.4, -0.2) is 61.1 Å². The number of morpholine rings is 1. The van der Waals surface area contributed by atoms with Crippen LogP contribution in [0.15, 0.2) is 24.3 Å². The summed E-state index contributed by atoms with van der Waals surface area (Å²) in [5, 5.41) is 3.77. The van der Waals surface area contributed by atoms with Crippen LogP contribution >= 0.6 is 11.6 Å². The Morgan fingerprint density at radius 2 is 1.89 bits per heavy atom.